The maximum Gasteiger partial charge on any atom is 0.211 e. The molecular formula is C11H26N2O2S. The molecule has 0 aliphatic heterocycles. The van der Waals surface area contributed by atoms with Gasteiger partial charge in [-0.25, -0.2) is 13.1 Å². The molecule has 0 saturated heterocycles. The summed E-state index contributed by atoms with van der Waals surface area (Å²) in [5.74, 6) is 0.197. The first-order valence-corrected chi connectivity index (χ1v) is 7.48. The van der Waals surface area contributed by atoms with E-state index in [2.05, 4.69) is 10.0 Å². The summed E-state index contributed by atoms with van der Waals surface area (Å²) < 4.78 is 25.8. The summed E-state index contributed by atoms with van der Waals surface area (Å²) in [5, 5.41) is 3.20. The van der Waals surface area contributed by atoms with Crippen LogP contribution in [-0.4, -0.2) is 33.3 Å². The zero-order valence-electron chi connectivity index (χ0n) is 11.1. The molecule has 0 rings (SSSR count). The van der Waals surface area contributed by atoms with Gasteiger partial charge in [0.1, 0.15) is 0 Å². The molecule has 0 radical (unpaired) electrons. The highest BCUT2D eigenvalue weighted by Crippen LogP contribution is 2.10. The van der Waals surface area contributed by atoms with Crippen LogP contribution in [0.1, 0.15) is 41.0 Å². The van der Waals surface area contributed by atoms with Crippen LogP contribution < -0.4 is 10.0 Å². The van der Waals surface area contributed by atoms with Gasteiger partial charge >= 0.3 is 0 Å². The summed E-state index contributed by atoms with van der Waals surface area (Å²) in [5.41, 5.74) is -0.0107. The van der Waals surface area contributed by atoms with Crippen molar-refractivity contribution in [3.05, 3.63) is 0 Å². The highest BCUT2D eigenvalue weighted by atomic mass is 32.2. The molecule has 0 saturated carbocycles. The SMILES string of the molecule is CC(C)NCCCS(=O)(=O)NCC(C)(C)C. The second-order valence-corrected chi connectivity index (χ2v) is 7.59. The lowest BCUT2D eigenvalue weighted by molar-refractivity contribution is 0.407. The number of hydrogen-bond donors (Lipinski definition) is 2. The Hall–Kier alpha value is -0.130. The van der Waals surface area contributed by atoms with Crippen LogP contribution in [0, 0.1) is 5.41 Å². The molecule has 0 spiro atoms. The molecule has 16 heavy (non-hydrogen) atoms. The van der Waals surface area contributed by atoms with Crippen molar-refractivity contribution in [3.63, 3.8) is 0 Å². The van der Waals surface area contributed by atoms with E-state index < -0.39 is 10.0 Å². The van der Waals surface area contributed by atoms with E-state index in [1.54, 1.807) is 0 Å². The van der Waals surface area contributed by atoms with Gasteiger partial charge in [0.05, 0.1) is 5.75 Å². The molecule has 0 aliphatic rings. The van der Waals surface area contributed by atoms with Gasteiger partial charge < -0.3 is 5.32 Å². The van der Waals surface area contributed by atoms with Crippen LogP contribution in [0.3, 0.4) is 0 Å². The Morgan fingerprint density at radius 3 is 2.19 bits per heavy atom. The van der Waals surface area contributed by atoms with Gasteiger partial charge in [-0.1, -0.05) is 34.6 Å². The topological polar surface area (TPSA) is 58.2 Å². The van der Waals surface area contributed by atoms with Gasteiger partial charge in [0.25, 0.3) is 0 Å². The molecule has 0 aromatic heterocycles. The van der Waals surface area contributed by atoms with E-state index in [0.29, 0.717) is 19.0 Å². The summed E-state index contributed by atoms with van der Waals surface area (Å²) in [4.78, 5) is 0. The number of rotatable bonds is 7. The Morgan fingerprint density at radius 1 is 1.19 bits per heavy atom. The number of sulfonamides is 1. The Labute approximate surface area is 100 Å². The molecule has 0 unspecified atom stereocenters. The van der Waals surface area contributed by atoms with Crippen molar-refractivity contribution in [1.82, 2.24) is 10.0 Å². The number of nitrogens with one attached hydrogen (secondary N) is 2. The Balaban J connectivity index is 3.80. The molecule has 0 bridgehead atoms. The van der Waals surface area contributed by atoms with Crippen molar-refractivity contribution in [3.8, 4) is 0 Å². The van der Waals surface area contributed by atoms with Crippen LogP contribution in [0.15, 0.2) is 0 Å². The van der Waals surface area contributed by atoms with E-state index >= 15 is 0 Å². The highest BCUT2D eigenvalue weighted by Gasteiger charge is 2.15. The summed E-state index contributed by atoms with van der Waals surface area (Å²) in [6.07, 6.45) is 0.650. The lowest BCUT2D eigenvalue weighted by Gasteiger charge is -2.18. The lowest BCUT2D eigenvalue weighted by atomic mass is 9.98. The average molecular weight is 250 g/mol. The van der Waals surface area contributed by atoms with E-state index in [1.807, 2.05) is 34.6 Å². The van der Waals surface area contributed by atoms with Gasteiger partial charge in [0, 0.05) is 12.6 Å². The highest BCUT2D eigenvalue weighted by molar-refractivity contribution is 7.89. The first-order valence-electron chi connectivity index (χ1n) is 5.83. The van der Waals surface area contributed by atoms with Crippen LogP contribution >= 0.6 is 0 Å². The average Bonchev–Trinajstić information content (AvgIpc) is 2.08. The second kappa shape index (κ2) is 6.57. The minimum absolute atomic E-state index is 0.0107. The van der Waals surface area contributed by atoms with E-state index in [0.717, 1.165) is 6.54 Å². The molecule has 0 aromatic rings. The quantitative estimate of drug-likeness (QED) is 0.670. The van der Waals surface area contributed by atoms with Crippen molar-refractivity contribution >= 4 is 10.0 Å². The van der Waals surface area contributed by atoms with Crippen molar-refractivity contribution in [2.75, 3.05) is 18.8 Å². The molecule has 98 valence electrons. The molecule has 4 nitrogen and oxygen atoms in total. The van der Waals surface area contributed by atoms with E-state index in [-0.39, 0.29) is 11.2 Å². The third-order valence-corrected chi connectivity index (χ3v) is 3.38. The van der Waals surface area contributed by atoms with E-state index in [1.165, 1.54) is 0 Å². The van der Waals surface area contributed by atoms with Crippen molar-refractivity contribution in [2.24, 2.45) is 5.41 Å². The Kier molecular flexibility index (Phi) is 6.51. The largest absolute Gasteiger partial charge is 0.314 e. The minimum Gasteiger partial charge on any atom is -0.314 e. The van der Waals surface area contributed by atoms with Gasteiger partial charge in [-0.05, 0) is 18.4 Å². The molecule has 0 aliphatic carbocycles. The van der Waals surface area contributed by atoms with E-state index in [4.69, 9.17) is 0 Å². The molecule has 0 aromatic carbocycles. The van der Waals surface area contributed by atoms with Crippen LogP contribution in [0.25, 0.3) is 0 Å². The Morgan fingerprint density at radius 2 is 1.75 bits per heavy atom. The normalized spacial score (nSPS) is 13.4. The predicted molar refractivity (Wildman–Crippen MR) is 69.0 cm³/mol. The number of hydrogen-bond acceptors (Lipinski definition) is 3. The molecule has 0 heterocycles. The summed E-state index contributed by atoms with van der Waals surface area (Å²) >= 11 is 0. The molecule has 0 amide bonds. The summed E-state index contributed by atoms with van der Waals surface area (Å²) in [6.45, 7) is 11.4. The fourth-order valence-corrected chi connectivity index (χ4v) is 2.37. The lowest BCUT2D eigenvalue weighted by Crippen LogP contribution is -2.35. The van der Waals surface area contributed by atoms with Crippen LogP contribution in [0.2, 0.25) is 0 Å². The van der Waals surface area contributed by atoms with Gasteiger partial charge in [0.15, 0.2) is 0 Å². The predicted octanol–water partition coefficient (Wildman–Crippen LogP) is 1.34. The third-order valence-electron chi connectivity index (χ3n) is 1.96. The maximum atomic E-state index is 11.6. The van der Waals surface area contributed by atoms with Gasteiger partial charge in [-0.15, -0.1) is 0 Å². The van der Waals surface area contributed by atoms with Crippen LogP contribution in [0.4, 0.5) is 0 Å². The van der Waals surface area contributed by atoms with Crippen molar-refractivity contribution in [1.29, 1.82) is 0 Å². The van der Waals surface area contributed by atoms with Gasteiger partial charge in [0.2, 0.25) is 10.0 Å². The monoisotopic (exact) mass is 250 g/mol. The molecule has 0 fully saturated rings. The maximum absolute atomic E-state index is 11.6. The van der Waals surface area contributed by atoms with E-state index in [9.17, 15) is 8.42 Å². The van der Waals surface area contributed by atoms with Gasteiger partial charge in [-0.3, -0.25) is 0 Å². The second-order valence-electron chi connectivity index (χ2n) is 5.66. The smallest absolute Gasteiger partial charge is 0.211 e. The summed E-state index contributed by atoms with van der Waals surface area (Å²) in [6, 6.07) is 0.408. The standard InChI is InChI=1S/C11H26N2O2S/c1-10(2)12-7-6-8-16(14,15)13-9-11(3,4)5/h10,12-13H,6-9H2,1-5H3. The molecular weight excluding hydrogens is 224 g/mol. The molecule has 0 atom stereocenters. The summed E-state index contributed by atoms with van der Waals surface area (Å²) in [7, 11) is -3.10. The minimum atomic E-state index is -3.10. The first kappa shape index (κ1) is 15.9. The molecule has 2 N–H and O–H groups in total. The Bertz CT molecular complexity index is 279. The molecule has 5 heteroatoms. The zero-order chi connectivity index (χ0) is 12.8. The fraction of sp³-hybridized carbons (Fsp3) is 1.00. The first-order chi connectivity index (χ1) is 7.12. The van der Waals surface area contributed by atoms with Crippen molar-refractivity contribution < 1.29 is 8.42 Å². The van der Waals surface area contributed by atoms with Crippen molar-refractivity contribution in [2.45, 2.75) is 47.1 Å². The van der Waals surface area contributed by atoms with Gasteiger partial charge in [-0.2, -0.15) is 0 Å². The third kappa shape index (κ3) is 10.4. The fourth-order valence-electron chi connectivity index (χ4n) is 1.05. The zero-order valence-corrected chi connectivity index (χ0v) is 11.9. The van der Waals surface area contributed by atoms with Crippen LogP contribution in [0.5, 0.6) is 0 Å². The van der Waals surface area contributed by atoms with Crippen LogP contribution in [-0.2, 0) is 10.0 Å².